The van der Waals surface area contributed by atoms with Gasteiger partial charge in [-0.25, -0.2) is 0 Å². The van der Waals surface area contributed by atoms with E-state index in [0.29, 0.717) is 31.9 Å². The Labute approximate surface area is 175 Å². The van der Waals surface area contributed by atoms with Gasteiger partial charge < -0.3 is 10.2 Å². The Morgan fingerprint density at radius 3 is 2.16 bits per heavy atom. The van der Waals surface area contributed by atoms with Gasteiger partial charge >= 0.3 is 12.4 Å². The van der Waals surface area contributed by atoms with Crippen LogP contribution in [0.2, 0.25) is 0 Å². The minimum Gasteiger partial charge on any atom is -0.369 e. The molecule has 0 radical (unpaired) electrons. The van der Waals surface area contributed by atoms with E-state index in [1.807, 2.05) is 0 Å². The van der Waals surface area contributed by atoms with Crippen molar-refractivity contribution in [3.8, 4) is 0 Å². The van der Waals surface area contributed by atoms with Crippen molar-refractivity contribution in [1.82, 2.24) is 4.90 Å². The number of halogens is 6. The molecule has 1 N–H and O–H groups in total. The maximum absolute atomic E-state index is 13.1. The van der Waals surface area contributed by atoms with E-state index in [9.17, 15) is 31.1 Å². The molecule has 3 rings (SSSR count). The molecular weight excluding hydrogens is 424 g/mol. The molecule has 0 saturated carbocycles. The van der Waals surface area contributed by atoms with Crippen LogP contribution in [0.5, 0.6) is 0 Å². The molecule has 1 amide bonds. The quantitative estimate of drug-likeness (QED) is 0.682. The van der Waals surface area contributed by atoms with Gasteiger partial charge in [0.05, 0.1) is 22.9 Å². The first-order chi connectivity index (χ1) is 14.5. The van der Waals surface area contributed by atoms with Crippen molar-refractivity contribution in [1.29, 1.82) is 0 Å². The summed E-state index contributed by atoms with van der Waals surface area (Å²) in [6.07, 6.45) is -9.03. The molecule has 0 aromatic heterocycles. The maximum Gasteiger partial charge on any atom is 0.418 e. The number of alkyl halides is 6. The summed E-state index contributed by atoms with van der Waals surface area (Å²) in [6, 6.07) is 9.06. The fourth-order valence-corrected chi connectivity index (χ4v) is 3.49. The lowest BCUT2D eigenvalue weighted by Gasteiger charge is -2.38. The highest BCUT2D eigenvalue weighted by molar-refractivity contribution is 5.95. The van der Waals surface area contributed by atoms with Crippen molar-refractivity contribution in [3.05, 3.63) is 59.7 Å². The van der Waals surface area contributed by atoms with Crippen LogP contribution in [0.3, 0.4) is 0 Å². The number of benzene rings is 2. The zero-order valence-corrected chi connectivity index (χ0v) is 16.6. The summed E-state index contributed by atoms with van der Waals surface area (Å²) in [7, 11) is 0. The predicted octanol–water partition coefficient (Wildman–Crippen LogP) is 4.87. The standard InChI is InChI=1S/C21H21F6N3O/c1-14(19(31)28-18-8-3-2-7-17(18)21(25,26)27)29-9-11-30(12-10-29)16-6-4-5-15(13-16)20(22,23)24/h2-8,13-14H,9-12H2,1H3,(H,28,31). The average Bonchev–Trinajstić information content (AvgIpc) is 2.72. The van der Waals surface area contributed by atoms with Crippen LogP contribution in [-0.2, 0) is 17.1 Å². The van der Waals surface area contributed by atoms with Crippen molar-refractivity contribution in [3.63, 3.8) is 0 Å². The molecule has 31 heavy (non-hydrogen) atoms. The van der Waals surface area contributed by atoms with Gasteiger partial charge in [-0.2, -0.15) is 26.3 Å². The molecule has 0 bridgehead atoms. The SMILES string of the molecule is CC(C(=O)Nc1ccccc1C(F)(F)F)N1CCN(c2cccc(C(F)(F)F)c2)CC1. The molecule has 1 aliphatic rings. The van der Waals surface area contributed by atoms with E-state index < -0.39 is 35.4 Å². The minimum absolute atomic E-state index is 0.311. The Morgan fingerprint density at radius 2 is 1.55 bits per heavy atom. The van der Waals surface area contributed by atoms with E-state index in [1.165, 1.54) is 24.3 Å². The summed E-state index contributed by atoms with van der Waals surface area (Å²) in [5.74, 6) is -0.579. The third-order valence-corrected chi connectivity index (χ3v) is 5.27. The second-order valence-electron chi connectivity index (χ2n) is 7.28. The maximum atomic E-state index is 13.1. The van der Waals surface area contributed by atoms with Crippen LogP contribution in [0.1, 0.15) is 18.1 Å². The number of nitrogens with one attached hydrogen (secondary N) is 1. The Morgan fingerprint density at radius 1 is 0.903 bits per heavy atom. The van der Waals surface area contributed by atoms with Gasteiger partial charge in [0, 0.05) is 31.9 Å². The lowest BCUT2D eigenvalue weighted by molar-refractivity contribution is -0.138. The molecule has 0 aliphatic carbocycles. The highest BCUT2D eigenvalue weighted by atomic mass is 19.4. The molecule has 1 saturated heterocycles. The first kappa shape index (κ1) is 22.9. The zero-order chi connectivity index (χ0) is 22.8. The number of carbonyl (C=O) groups excluding carboxylic acids is 1. The molecular formula is C21H21F6N3O. The van der Waals surface area contributed by atoms with Gasteiger partial charge in [-0.15, -0.1) is 0 Å². The van der Waals surface area contributed by atoms with Gasteiger partial charge in [-0.05, 0) is 37.3 Å². The smallest absolute Gasteiger partial charge is 0.369 e. The monoisotopic (exact) mass is 445 g/mol. The number of nitrogens with zero attached hydrogens (tertiary/aromatic N) is 2. The molecule has 4 nitrogen and oxygen atoms in total. The Hall–Kier alpha value is -2.75. The summed E-state index contributed by atoms with van der Waals surface area (Å²) in [6.45, 7) is 3.12. The van der Waals surface area contributed by atoms with E-state index in [0.717, 1.165) is 18.2 Å². The average molecular weight is 445 g/mol. The molecule has 1 aliphatic heterocycles. The highest BCUT2D eigenvalue weighted by Crippen LogP contribution is 2.35. The number of hydrogen-bond donors (Lipinski definition) is 1. The molecule has 2 aromatic rings. The predicted molar refractivity (Wildman–Crippen MR) is 105 cm³/mol. The van der Waals surface area contributed by atoms with Gasteiger partial charge in [0.25, 0.3) is 0 Å². The lowest BCUT2D eigenvalue weighted by Crippen LogP contribution is -2.53. The summed E-state index contributed by atoms with van der Waals surface area (Å²) in [4.78, 5) is 16.1. The van der Waals surface area contributed by atoms with Crippen LogP contribution >= 0.6 is 0 Å². The lowest BCUT2D eigenvalue weighted by atomic mass is 10.1. The largest absolute Gasteiger partial charge is 0.418 e. The normalized spacial score (nSPS) is 16.8. The first-order valence-electron chi connectivity index (χ1n) is 9.60. The fourth-order valence-electron chi connectivity index (χ4n) is 3.49. The van der Waals surface area contributed by atoms with Crippen LogP contribution in [0.4, 0.5) is 37.7 Å². The number of hydrogen-bond acceptors (Lipinski definition) is 3. The topological polar surface area (TPSA) is 35.6 Å². The van der Waals surface area contributed by atoms with Crippen LogP contribution in [0, 0.1) is 0 Å². The summed E-state index contributed by atoms with van der Waals surface area (Å²) in [5.41, 5.74) is -1.53. The number of para-hydroxylation sites is 1. The number of amides is 1. The summed E-state index contributed by atoms with van der Waals surface area (Å²) in [5, 5.41) is 2.34. The van der Waals surface area contributed by atoms with Crippen molar-refractivity contribution in [2.45, 2.75) is 25.3 Å². The van der Waals surface area contributed by atoms with Gasteiger partial charge in [0.1, 0.15) is 0 Å². The van der Waals surface area contributed by atoms with E-state index in [4.69, 9.17) is 0 Å². The molecule has 1 heterocycles. The molecule has 1 unspecified atom stereocenters. The Bertz CT molecular complexity index is 920. The van der Waals surface area contributed by atoms with Crippen molar-refractivity contribution < 1.29 is 31.1 Å². The Kier molecular flexibility index (Phi) is 6.49. The fraction of sp³-hybridized carbons (Fsp3) is 0.381. The van der Waals surface area contributed by atoms with Crippen molar-refractivity contribution in [2.24, 2.45) is 0 Å². The zero-order valence-electron chi connectivity index (χ0n) is 16.6. The third kappa shape index (κ3) is 5.49. The molecule has 1 fully saturated rings. The van der Waals surface area contributed by atoms with Crippen LogP contribution in [0.25, 0.3) is 0 Å². The van der Waals surface area contributed by atoms with E-state index in [-0.39, 0.29) is 5.69 Å². The molecule has 0 spiro atoms. The molecule has 1 atom stereocenters. The van der Waals surface area contributed by atoms with Gasteiger partial charge in [0.2, 0.25) is 5.91 Å². The van der Waals surface area contributed by atoms with Crippen LogP contribution in [-0.4, -0.2) is 43.0 Å². The van der Waals surface area contributed by atoms with E-state index >= 15 is 0 Å². The second-order valence-corrected chi connectivity index (χ2v) is 7.28. The number of anilines is 2. The van der Waals surface area contributed by atoms with E-state index in [1.54, 1.807) is 22.8 Å². The summed E-state index contributed by atoms with van der Waals surface area (Å²) < 4.78 is 78.2. The third-order valence-electron chi connectivity index (χ3n) is 5.27. The molecule has 168 valence electrons. The minimum atomic E-state index is -4.59. The second kappa shape index (κ2) is 8.78. The first-order valence-corrected chi connectivity index (χ1v) is 9.60. The van der Waals surface area contributed by atoms with Crippen LogP contribution in [0.15, 0.2) is 48.5 Å². The van der Waals surface area contributed by atoms with Gasteiger partial charge in [-0.3, -0.25) is 9.69 Å². The summed E-state index contributed by atoms with van der Waals surface area (Å²) >= 11 is 0. The van der Waals surface area contributed by atoms with Gasteiger partial charge in [0.15, 0.2) is 0 Å². The highest BCUT2D eigenvalue weighted by Gasteiger charge is 2.35. The van der Waals surface area contributed by atoms with Crippen molar-refractivity contribution >= 4 is 17.3 Å². The van der Waals surface area contributed by atoms with Crippen molar-refractivity contribution in [2.75, 3.05) is 36.4 Å². The molecule has 2 aromatic carbocycles. The molecule has 10 heteroatoms. The van der Waals surface area contributed by atoms with Gasteiger partial charge in [-0.1, -0.05) is 18.2 Å². The number of rotatable bonds is 4. The van der Waals surface area contributed by atoms with Crippen LogP contribution < -0.4 is 10.2 Å². The number of carbonyl (C=O) groups is 1. The number of piperazine rings is 1. The Balaban J connectivity index is 1.62. The van der Waals surface area contributed by atoms with E-state index in [2.05, 4.69) is 5.32 Å².